The lowest BCUT2D eigenvalue weighted by Gasteiger charge is -2.39. The van der Waals surface area contributed by atoms with Crippen molar-refractivity contribution in [2.75, 3.05) is 29.4 Å². The molecule has 0 amide bonds. The van der Waals surface area contributed by atoms with Crippen molar-refractivity contribution in [1.82, 2.24) is 8.47 Å². The maximum atomic E-state index is 2.73. The number of nitrogens with zero attached hydrogens (tertiary/aromatic N) is 8. The standard InChI is InChI=1S/C103H98N8Si2/c1-75-72-90(107(80-42-26-16-27-43-80)81-44-28-17-29-45-81)66-69-97(75)109(92-68-71-101-96(74-92)94-47-31-33-49-99(94)111(101)113(10,11)103(5,6)7)89-64-62-86(63-65-89)106(84-52-50-82(51-53-84)104(76-34-18-12-19-35-76)77-36-20-13-21-37-77)85-56-60-88(61-57-85)108(87-58-54-83(55-59-87)105(78-38-22-14-23-39-78)79-40-24-15-25-41-79)91-67-70-100-95(73-91)93-46-30-32-48-98(93)110(100)112(8,9)102(2,3)4/h12-75,97H,1-11H3/t75-,97?/m1/s1. The highest BCUT2D eigenvalue weighted by molar-refractivity contribution is 6.81. The van der Waals surface area contributed by atoms with Crippen LogP contribution in [0.5, 0.6) is 0 Å². The minimum absolute atomic E-state index is 0.0556. The van der Waals surface area contributed by atoms with Gasteiger partial charge in [0.15, 0.2) is 16.5 Å². The molecule has 10 heteroatoms. The summed E-state index contributed by atoms with van der Waals surface area (Å²) < 4.78 is 5.44. The number of rotatable bonds is 20. The van der Waals surface area contributed by atoms with Crippen molar-refractivity contribution in [3.63, 3.8) is 0 Å². The van der Waals surface area contributed by atoms with Crippen LogP contribution in [0.3, 0.4) is 0 Å². The van der Waals surface area contributed by atoms with Crippen molar-refractivity contribution in [1.29, 1.82) is 0 Å². The number of fused-ring (bicyclic) bond motifs is 6. The Morgan fingerprint density at radius 2 is 0.487 bits per heavy atom. The van der Waals surface area contributed by atoms with Crippen LogP contribution in [-0.2, 0) is 0 Å². The Kier molecular flexibility index (Phi) is 19.4. The highest BCUT2D eigenvalue weighted by Crippen LogP contribution is 2.50. The summed E-state index contributed by atoms with van der Waals surface area (Å²) in [7, 11) is -4.24. The van der Waals surface area contributed by atoms with Gasteiger partial charge in [0.25, 0.3) is 0 Å². The van der Waals surface area contributed by atoms with Gasteiger partial charge in [0.1, 0.15) is 0 Å². The zero-order valence-corrected chi connectivity index (χ0v) is 68.6. The van der Waals surface area contributed by atoms with Gasteiger partial charge in [-0.2, -0.15) is 0 Å². The average Bonchev–Trinajstić information content (AvgIpc) is 1.58. The molecule has 16 aromatic rings. The first-order chi connectivity index (χ1) is 54.8. The third-order valence-corrected chi connectivity index (χ3v) is 34.7. The van der Waals surface area contributed by atoms with Crippen molar-refractivity contribution in [3.8, 4) is 0 Å². The third-order valence-electron chi connectivity index (χ3n) is 24.2. The van der Waals surface area contributed by atoms with Crippen LogP contribution in [0.2, 0.25) is 36.3 Å². The SMILES string of the molecule is C[C@@H]1C=C(N(c2ccccc2)c2ccccc2)C=CC1N(c1ccc(N(c2ccc(N(c3ccccc3)c3ccccc3)cc2)c2ccc(N(c3ccc(N(c4ccccc4)c4ccccc4)cc3)c3ccc4c(c3)c3ccccc3n4[Si](C)(C)C(C)(C)C)cc2)cc1)c1ccc2c(c1)c1ccccc1n2[Si](C)(C)C(C)(C)C. The first-order valence-electron chi connectivity index (χ1n) is 39.8. The molecule has 1 aliphatic carbocycles. The monoisotopic (exact) mass is 1500 g/mol. The predicted molar refractivity (Wildman–Crippen MR) is 490 cm³/mol. The summed E-state index contributed by atoms with van der Waals surface area (Å²) in [6.45, 7) is 27.0. The molecule has 0 aliphatic heterocycles. The van der Waals surface area contributed by atoms with Crippen LogP contribution in [0.4, 0.5) is 91.0 Å². The Morgan fingerprint density at radius 3 is 0.796 bits per heavy atom. The van der Waals surface area contributed by atoms with E-state index in [9.17, 15) is 0 Å². The molecule has 558 valence electrons. The topological polar surface area (TPSA) is 29.3 Å². The smallest absolute Gasteiger partial charge is 0.161 e. The van der Waals surface area contributed by atoms with Gasteiger partial charge < -0.3 is 37.9 Å². The van der Waals surface area contributed by atoms with Gasteiger partial charge in [0.05, 0.1) is 6.04 Å². The van der Waals surface area contributed by atoms with E-state index in [1.165, 1.54) is 43.6 Å². The Hall–Kier alpha value is -12.6. The van der Waals surface area contributed by atoms with E-state index in [-0.39, 0.29) is 22.0 Å². The molecule has 0 fully saturated rings. The Morgan fingerprint density at radius 1 is 0.248 bits per heavy atom. The molecule has 0 radical (unpaired) electrons. The van der Waals surface area contributed by atoms with E-state index in [4.69, 9.17) is 0 Å². The molecule has 1 unspecified atom stereocenters. The molecular formula is C103H98N8Si2. The van der Waals surface area contributed by atoms with Crippen LogP contribution in [-0.4, -0.2) is 31.0 Å². The van der Waals surface area contributed by atoms with Crippen LogP contribution >= 0.6 is 0 Å². The van der Waals surface area contributed by atoms with Crippen LogP contribution in [0, 0.1) is 5.92 Å². The molecule has 0 spiro atoms. The zero-order valence-electron chi connectivity index (χ0n) is 66.6. The molecule has 8 nitrogen and oxygen atoms in total. The highest BCUT2D eigenvalue weighted by atomic mass is 28.3. The fraction of sp³-hybridized carbons (Fsp3) is 0.146. The van der Waals surface area contributed by atoms with E-state index in [0.717, 1.165) is 96.7 Å². The van der Waals surface area contributed by atoms with Crippen molar-refractivity contribution < 1.29 is 0 Å². The summed E-state index contributed by atoms with van der Waals surface area (Å²) in [4.78, 5) is 14.5. The second-order valence-electron chi connectivity index (χ2n) is 33.2. The Bertz CT molecular complexity index is 5970. The quantitative estimate of drug-likeness (QED) is 0.0707. The molecule has 2 atom stereocenters. The summed E-state index contributed by atoms with van der Waals surface area (Å²) in [5.74, 6) is 0.0779. The van der Waals surface area contributed by atoms with Gasteiger partial charge in [-0.1, -0.05) is 232 Å². The fourth-order valence-corrected chi connectivity index (χ4v) is 21.1. The van der Waals surface area contributed by atoms with Crippen LogP contribution < -0.4 is 29.4 Å². The highest BCUT2D eigenvalue weighted by Gasteiger charge is 2.42. The summed E-state index contributed by atoms with van der Waals surface area (Å²) in [6.07, 6.45) is 7.25. The summed E-state index contributed by atoms with van der Waals surface area (Å²) in [6, 6.07) is 133. The number of allylic oxidation sites excluding steroid dienone is 1. The van der Waals surface area contributed by atoms with Crippen molar-refractivity contribution in [3.05, 3.63) is 388 Å². The molecule has 0 N–H and O–H groups in total. The third kappa shape index (κ3) is 13.7. The summed E-state index contributed by atoms with van der Waals surface area (Å²) >= 11 is 0. The molecule has 2 aromatic heterocycles. The van der Waals surface area contributed by atoms with Gasteiger partial charge in [0, 0.05) is 146 Å². The van der Waals surface area contributed by atoms with E-state index in [2.05, 4.69) is 495 Å². The molecule has 2 heterocycles. The molecule has 0 saturated heterocycles. The lowest BCUT2D eigenvalue weighted by molar-refractivity contribution is 0.604. The van der Waals surface area contributed by atoms with E-state index in [1.54, 1.807) is 0 Å². The number of aromatic nitrogens is 2. The van der Waals surface area contributed by atoms with Gasteiger partial charge in [-0.3, -0.25) is 0 Å². The minimum Gasteiger partial charge on any atom is -0.368 e. The number of benzene rings is 14. The number of hydrogen-bond acceptors (Lipinski definition) is 6. The molecule has 14 aromatic carbocycles. The molecule has 0 bridgehead atoms. The second-order valence-corrected chi connectivity index (χ2v) is 43.3. The van der Waals surface area contributed by atoms with E-state index in [0.29, 0.717) is 0 Å². The lowest BCUT2D eigenvalue weighted by Crippen LogP contribution is -2.45. The van der Waals surface area contributed by atoms with Crippen molar-refractivity contribution >= 4 is 151 Å². The molecule has 17 rings (SSSR count). The van der Waals surface area contributed by atoms with Gasteiger partial charge in [-0.05, 0) is 235 Å². The number of hydrogen-bond donors (Lipinski definition) is 0. The second kappa shape index (κ2) is 29.9. The molecule has 1 aliphatic rings. The fourth-order valence-electron chi connectivity index (χ4n) is 16.6. The number of anilines is 16. The first kappa shape index (κ1) is 73.2. The maximum absolute atomic E-state index is 2.73. The first-order valence-corrected chi connectivity index (χ1v) is 45.7. The average molecular weight is 1500 g/mol. The van der Waals surface area contributed by atoms with Gasteiger partial charge in [-0.15, -0.1) is 0 Å². The van der Waals surface area contributed by atoms with Crippen LogP contribution in [0.25, 0.3) is 43.6 Å². The van der Waals surface area contributed by atoms with Crippen molar-refractivity contribution in [2.45, 2.75) is 90.8 Å². The Labute approximate surface area is 669 Å². The van der Waals surface area contributed by atoms with Crippen molar-refractivity contribution in [2.24, 2.45) is 5.92 Å². The maximum Gasteiger partial charge on any atom is 0.161 e. The minimum atomic E-state index is -2.12. The molecule has 113 heavy (non-hydrogen) atoms. The van der Waals surface area contributed by atoms with E-state index in [1.807, 2.05) is 0 Å². The normalized spacial score (nSPS) is 14.0. The van der Waals surface area contributed by atoms with Gasteiger partial charge in [-0.25, -0.2) is 0 Å². The number of para-hydroxylation sites is 8. The molecular weight excluding hydrogens is 1410 g/mol. The van der Waals surface area contributed by atoms with E-state index < -0.39 is 16.5 Å². The molecule has 0 saturated carbocycles. The largest absolute Gasteiger partial charge is 0.368 e. The summed E-state index contributed by atoms with van der Waals surface area (Å²) in [5, 5.41) is 5.27. The lowest BCUT2D eigenvalue weighted by atomic mass is 9.92. The van der Waals surface area contributed by atoms with Gasteiger partial charge in [0.2, 0.25) is 0 Å². The van der Waals surface area contributed by atoms with Gasteiger partial charge >= 0.3 is 0 Å². The van der Waals surface area contributed by atoms with Crippen LogP contribution in [0.1, 0.15) is 48.5 Å². The predicted octanol–water partition coefficient (Wildman–Crippen LogP) is 29.9. The summed E-state index contributed by atoms with van der Waals surface area (Å²) in [5.41, 5.74) is 23.5. The van der Waals surface area contributed by atoms with E-state index >= 15 is 0 Å². The zero-order chi connectivity index (χ0) is 77.8. The van der Waals surface area contributed by atoms with Crippen LogP contribution in [0.15, 0.2) is 388 Å². The Balaban J connectivity index is 0.813.